The van der Waals surface area contributed by atoms with E-state index < -0.39 is 6.04 Å². The maximum atomic E-state index is 14.0. The Morgan fingerprint density at radius 1 is 0.973 bits per heavy atom. The summed E-state index contributed by atoms with van der Waals surface area (Å²) in [6, 6.07) is 24.0. The van der Waals surface area contributed by atoms with Gasteiger partial charge in [-0.15, -0.1) is 0 Å². The van der Waals surface area contributed by atoms with Crippen molar-refractivity contribution in [1.29, 1.82) is 0 Å². The molecule has 1 N–H and O–H groups in total. The standard InChI is InChI=1S/C32H33BrN2O2/c1-3-4-5-13-30(37)35-28-12-7-6-11-26(28)34-27-19-24(22-16-14-21(2)15-17-22)20-29(36)31(27)32(35)23-9-8-10-25(33)18-23/h6-12,14-18,24,32,34H,3-5,13,19-20H2,1-2H3/t24-,32-/m1/s1. The zero-order valence-electron chi connectivity index (χ0n) is 21.5. The van der Waals surface area contributed by atoms with Crippen molar-refractivity contribution in [2.24, 2.45) is 0 Å². The van der Waals surface area contributed by atoms with Crippen molar-refractivity contribution in [1.82, 2.24) is 0 Å². The lowest BCUT2D eigenvalue weighted by Gasteiger charge is -2.35. The van der Waals surface area contributed by atoms with Gasteiger partial charge in [0.15, 0.2) is 5.78 Å². The molecule has 190 valence electrons. The maximum Gasteiger partial charge on any atom is 0.227 e. The third-order valence-electron chi connectivity index (χ3n) is 7.46. The van der Waals surface area contributed by atoms with Crippen molar-refractivity contribution in [3.63, 3.8) is 0 Å². The zero-order chi connectivity index (χ0) is 25.9. The summed E-state index contributed by atoms with van der Waals surface area (Å²) in [5.41, 5.74) is 6.64. The number of aryl methyl sites for hydroxylation is 1. The van der Waals surface area contributed by atoms with Gasteiger partial charge < -0.3 is 5.32 Å². The highest BCUT2D eigenvalue weighted by atomic mass is 79.9. The van der Waals surface area contributed by atoms with Crippen molar-refractivity contribution in [3.05, 3.63) is 105 Å². The van der Waals surface area contributed by atoms with E-state index in [1.807, 2.05) is 53.4 Å². The van der Waals surface area contributed by atoms with Crippen LogP contribution in [0.15, 0.2) is 88.5 Å². The molecule has 3 aromatic rings. The summed E-state index contributed by atoms with van der Waals surface area (Å²) in [6.07, 6.45) is 4.50. The number of nitrogens with zero attached hydrogens (tertiary/aromatic N) is 1. The number of hydrogen-bond donors (Lipinski definition) is 1. The predicted octanol–water partition coefficient (Wildman–Crippen LogP) is 8.24. The Morgan fingerprint density at radius 3 is 2.51 bits per heavy atom. The molecule has 1 aliphatic carbocycles. The summed E-state index contributed by atoms with van der Waals surface area (Å²) in [5, 5.41) is 3.62. The number of fused-ring (bicyclic) bond motifs is 1. The first-order chi connectivity index (χ1) is 18.0. The number of hydrogen-bond acceptors (Lipinski definition) is 3. The minimum Gasteiger partial charge on any atom is -0.357 e. The largest absolute Gasteiger partial charge is 0.357 e. The molecule has 0 unspecified atom stereocenters. The molecule has 0 saturated carbocycles. The molecule has 5 heteroatoms. The summed E-state index contributed by atoms with van der Waals surface area (Å²) < 4.78 is 0.928. The highest BCUT2D eigenvalue weighted by molar-refractivity contribution is 9.10. The number of benzene rings is 3. The number of allylic oxidation sites excluding steroid dienone is 1. The predicted molar refractivity (Wildman–Crippen MR) is 154 cm³/mol. The zero-order valence-corrected chi connectivity index (χ0v) is 23.1. The molecule has 0 saturated heterocycles. The van der Waals surface area contributed by atoms with Crippen molar-refractivity contribution >= 4 is 39.0 Å². The van der Waals surface area contributed by atoms with Crippen LogP contribution in [0.2, 0.25) is 0 Å². The van der Waals surface area contributed by atoms with E-state index in [1.54, 1.807) is 0 Å². The number of amides is 1. The fraction of sp³-hybridized carbons (Fsp3) is 0.312. The number of Topliss-reactive ketones (excluding diaryl/α,β-unsaturated/α-hetero) is 1. The van der Waals surface area contributed by atoms with Crippen LogP contribution in [0.5, 0.6) is 0 Å². The number of unbranched alkanes of at least 4 members (excludes halogenated alkanes) is 2. The van der Waals surface area contributed by atoms with Crippen LogP contribution >= 0.6 is 15.9 Å². The second-order valence-electron chi connectivity index (χ2n) is 10.2. The molecule has 37 heavy (non-hydrogen) atoms. The van der Waals surface area contributed by atoms with Crippen molar-refractivity contribution in [2.45, 2.75) is 64.3 Å². The highest BCUT2D eigenvalue weighted by Gasteiger charge is 2.41. The summed E-state index contributed by atoms with van der Waals surface area (Å²) in [4.78, 5) is 29.8. The number of rotatable bonds is 6. The topological polar surface area (TPSA) is 49.4 Å². The first kappa shape index (κ1) is 25.5. The first-order valence-corrected chi connectivity index (χ1v) is 14.0. The third-order valence-corrected chi connectivity index (χ3v) is 7.96. The van der Waals surface area contributed by atoms with Crippen LogP contribution in [0.1, 0.15) is 74.1 Å². The smallest absolute Gasteiger partial charge is 0.227 e. The molecular weight excluding hydrogens is 524 g/mol. The monoisotopic (exact) mass is 556 g/mol. The van der Waals surface area contributed by atoms with E-state index in [-0.39, 0.29) is 17.6 Å². The lowest BCUT2D eigenvalue weighted by atomic mass is 9.78. The van der Waals surface area contributed by atoms with Gasteiger partial charge in [0.2, 0.25) is 5.91 Å². The van der Waals surface area contributed by atoms with Crippen LogP contribution in [0.4, 0.5) is 11.4 Å². The van der Waals surface area contributed by atoms with Gasteiger partial charge in [-0.3, -0.25) is 14.5 Å². The normalized spacial score (nSPS) is 19.1. The molecule has 1 amide bonds. The van der Waals surface area contributed by atoms with Gasteiger partial charge in [0.05, 0.1) is 17.4 Å². The number of anilines is 2. The van der Waals surface area contributed by atoms with E-state index in [1.165, 1.54) is 11.1 Å². The molecule has 0 fully saturated rings. The van der Waals surface area contributed by atoms with Crippen LogP contribution in [0.25, 0.3) is 0 Å². The Labute approximate surface area is 227 Å². The van der Waals surface area contributed by atoms with Gasteiger partial charge in [0.1, 0.15) is 0 Å². The first-order valence-electron chi connectivity index (χ1n) is 13.2. The molecule has 1 aliphatic heterocycles. The number of carbonyl (C=O) groups excluding carboxylic acids is 2. The van der Waals surface area contributed by atoms with Gasteiger partial charge in [-0.05, 0) is 61.1 Å². The Bertz CT molecular complexity index is 1340. The molecule has 1 heterocycles. The second kappa shape index (κ2) is 11.1. The van der Waals surface area contributed by atoms with E-state index in [0.717, 1.165) is 52.8 Å². The molecule has 2 aliphatic rings. The third kappa shape index (κ3) is 5.28. The summed E-state index contributed by atoms with van der Waals surface area (Å²) in [7, 11) is 0. The Kier molecular flexibility index (Phi) is 7.61. The molecule has 0 radical (unpaired) electrons. The number of carbonyl (C=O) groups is 2. The number of para-hydroxylation sites is 2. The van der Waals surface area contributed by atoms with Crippen LogP contribution in [-0.4, -0.2) is 11.7 Å². The van der Waals surface area contributed by atoms with Crippen LogP contribution in [0.3, 0.4) is 0 Å². The minimum absolute atomic E-state index is 0.0508. The average molecular weight is 558 g/mol. The van der Waals surface area contributed by atoms with Gasteiger partial charge >= 0.3 is 0 Å². The van der Waals surface area contributed by atoms with Crippen molar-refractivity contribution < 1.29 is 9.59 Å². The summed E-state index contributed by atoms with van der Waals surface area (Å²) in [5.74, 6) is 0.250. The van der Waals surface area contributed by atoms with Crippen molar-refractivity contribution in [2.75, 3.05) is 10.2 Å². The number of ketones is 1. The average Bonchev–Trinajstić information content (AvgIpc) is 3.04. The Balaban J connectivity index is 1.66. The van der Waals surface area contributed by atoms with Crippen LogP contribution in [-0.2, 0) is 9.59 Å². The van der Waals surface area contributed by atoms with Gasteiger partial charge in [0.25, 0.3) is 0 Å². The maximum absolute atomic E-state index is 14.0. The Hall–Kier alpha value is -3.18. The summed E-state index contributed by atoms with van der Waals surface area (Å²) >= 11 is 3.62. The van der Waals surface area contributed by atoms with E-state index in [9.17, 15) is 9.59 Å². The highest BCUT2D eigenvalue weighted by Crippen LogP contribution is 2.47. The molecule has 5 rings (SSSR count). The Morgan fingerprint density at radius 2 is 1.76 bits per heavy atom. The summed E-state index contributed by atoms with van der Waals surface area (Å²) in [6.45, 7) is 4.22. The van der Waals surface area contributed by atoms with Crippen molar-refractivity contribution in [3.8, 4) is 0 Å². The number of nitrogens with one attached hydrogen (secondary N) is 1. The lowest BCUT2D eigenvalue weighted by molar-refractivity contribution is -0.119. The molecular formula is C32H33BrN2O2. The van der Waals surface area contributed by atoms with Gasteiger partial charge in [-0.2, -0.15) is 0 Å². The molecule has 4 nitrogen and oxygen atoms in total. The SMILES string of the molecule is CCCCCC(=O)N1c2ccccc2NC2=C(C(=O)C[C@H](c3ccc(C)cc3)C2)[C@H]1c1cccc(Br)c1. The fourth-order valence-corrected chi connectivity index (χ4v) is 6.00. The van der Waals surface area contributed by atoms with E-state index in [0.29, 0.717) is 18.4 Å². The van der Waals surface area contributed by atoms with E-state index in [4.69, 9.17) is 0 Å². The molecule has 3 aromatic carbocycles. The quantitative estimate of drug-likeness (QED) is 0.311. The van der Waals surface area contributed by atoms with E-state index >= 15 is 0 Å². The van der Waals surface area contributed by atoms with Crippen LogP contribution in [0, 0.1) is 6.92 Å². The van der Waals surface area contributed by atoms with Gasteiger partial charge in [-0.25, -0.2) is 0 Å². The number of halogens is 1. The van der Waals surface area contributed by atoms with Gasteiger partial charge in [-0.1, -0.05) is 89.8 Å². The molecule has 0 aromatic heterocycles. The fourth-order valence-electron chi connectivity index (χ4n) is 5.58. The molecule has 0 bridgehead atoms. The van der Waals surface area contributed by atoms with Gasteiger partial charge in [0, 0.05) is 28.6 Å². The second-order valence-corrected chi connectivity index (χ2v) is 11.1. The minimum atomic E-state index is -0.482. The molecule has 0 spiro atoms. The lowest BCUT2D eigenvalue weighted by Crippen LogP contribution is -2.38. The van der Waals surface area contributed by atoms with Crippen LogP contribution < -0.4 is 10.2 Å². The molecule has 2 atom stereocenters. The van der Waals surface area contributed by atoms with E-state index in [2.05, 4.69) is 59.4 Å².